The molecule has 0 saturated heterocycles. The second-order valence-electron chi connectivity index (χ2n) is 6.83. The van der Waals surface area contributed by atoms with E-state index in [1.807, 2.05) is 24.3 Å². The molecule has 1 N–H and O–H groups in total. The fraction of sp³-hybridized carbons (Fsp3) is 0.333. The number of amides is 1. The van der Waals surface area contributed by atoms with Gasteiger partial charge < -0.3 is 14.5 Å². The number of halogens is 1. The zero-order valence-corrected chi connectivity index (χ0v) is 16.4. The highest BCUT2D eigenvalue weighted by atomic mass is 19.1. The first-order valence-corrected chi connectivity index (χ1v) is 9.82. The van der Waals surface area contributed by atoms with E-state index in [9.17, 15) is 9.18 Å². The summed E-state index contributed by atoms with van der Waals surface area (Å²) in [6, 6.07) is 11.2. The second-order valence-corrected chi connectivity index (χ2v) is 6.83. The Kier molecular flexibility index (Phi) is 5.99. The smallest absolute Gasteiger partial charge is 0.282 e. The lowest BCUT2D eigenvalue weighted by molar-refractivity contribution is -0.112. The SMILES string of the molecule is O=C1/C(=N/OCCF)c2cccnc2N1Cc1nc2ccccc2n1CCCCO. The van der Waals surface area contributed by atoms with Crippen LogP contribution in [0.2, 0.25) is 0 Å². The van der Waals surface area contributed by atoms with Crippen LogP contribution >= 0.6 is 0 Å². The molecule has 3 aromatic rings. The number of benzene rings is 1. The monoisotopic (exact) mass is 411 g/mol. The van der Waals surface area contributed by atoms with E-state index in [1.54, 1.807) is 18.3 Å². The number of anilines is 1. The Balaban J connectivity index is 1.68. The van der Waals surface area contributed by atoms with Crippen molar-refractivity contribution in [3.05, 3.63) is 54.0 Å². The van der Waals surface area contributed by atoms with Crippen LogP contribution in [0.1, 0.15) is 24.2 Å². The van der Waals surface area contributed by atoms with E-state index in [0.29, 0.717) is 30.2 Å². The van der Waals surface area contributed by atoms with Crippen molar-refractivity contribution >= 4 is 28.5 Å². The van der Waals surface area contributed by atoms with Crippen molar-refractivity contribution in [2.45, 2.75) is 25.9 Å². The number of nitrogens with zero attached hydrogens (tertiary/aromatic N) is 5. The van der Waals surface area contributed by atoms with Gasteiger partial charge in [-0.3, -0.25) is 9.69 Å². The standard InChI is InChI=1S/C21H22FN5O3/c22-9-13-30-25-19-15-6-5-10-23-20(15)27(21(19)29)14-18-24-16-7-1-2-8-17(16)26(18)11-3-4-12-28/h1-2,5-8,10,28H,3-4,9,11-14H2/b25-19+. The number of pyridine rings is 1. The van der Waals surface area contributed by atoms with Crippen LogP contribution in [0.25, 0.3) is 11.0 Å². The number of fused-ring (bicyclic) bond motifs is 2. The molecule has 30 heavy (non-hydrogen) atoms. The van der Waals surface area contributed by atoms with Gasteiger partial charge in [0.25, 0.3) is 5.91 Å². The third-order valence-electron chi connectivity index (χ3n) is 4.89. The van der Waals surface area contributed by atoms with Crippen molar-refractivity contribution in [2.75, 3.05) is 24.8 Å². The number of rotatable bonds is 9. The van der Waals surface area contributed by atoms with Gasteiger partial charge in [-0.2, -0.15) is 0 Å². The maximum absolute atomic E-state index is 13.1. The predicted octanol–water partition coefficient (Wildman–Crippen LogP) is 2.44. The summed E-state index contributed by atoms with van der Waals surface area (Å²) in [5.74, 6) is 0.820. The van der Waals surface area contributed by atoms with Crippen molar-refractivity contribution < 1.29 is 19.1 Å². The lowest BCUT2D eigenvalue weighted by Gasteiger charge is -2.17. The normalized spacial score (nSPS) is 14.7. The van der Waals surface area contributed by atoms with Crippen LogP contribution in [-0.2, 0) is 22.7 Å². The van der Waals surface area contributed by atoms with E-state index >= 15 is 0 Å². The summed E-state index contributed by atoms with van der Waals surface area (Å²) in [7, 11) is 0. The molecule has 0 saturated carbocycles. The van der Waals surface area contributed by atoms with Gasteiger partial charge in [0.1, 0.15) is 24.9 Å². The van der Waals surface area contributed by atoms with Crippen molar-refractivity contribution in [2.24, 2.45) is 5.16 Å². The molecule has 156 valence electrons. The topological polar surface area (TPSA) is 92.8 Å². The molecule has 0 atom stereocenters. The molecule has 0 bridgehead atoms. The van der Waals surface area contributed by atoms with E-state index < -0.39 is 6.67 Å². The third-order valence-corrected chi connectivity index (χ3v) is 4.89. The van der Waals surface area contributed by atoms with Gasteiger partial charge in [-0.1, -0.05) is 17.3 Å². The number of aryl methyl sites for hydroxylation is 1. The number of para-hydroxylation sites is 2. The minimum Gasteiger partial charge on any atom is -0.396 e. The number of aliphatic hydroxyl groups is 1. The molecule has 1 aliphatic rings. The Morgan fingerprint density at radius 2 is 2.03 bits per heavy atom. The molecular formula is C21H22FN5O3. The fourth-order valence-electron chi connectivity index (χ4n) is 3.53. The highest BCUT2D eigenvalue weighted by Gasteiger charge is 2.36. The second kappa shape index (κ2) is 9.00. The molecule has 0 aliphatic carbocycles. The number of oxime groups is 1. The summed E-state index contributed by atoms with van der Waals surface area (Å²) >= 11 is 0. The van der Waals surface area contributed by atoms with Gasteiger partial charge in [0.05, 0.1) is 23.1 Å². The van der Waals surface area contributed by atoms with E-state index in [4.69, 9.17) is 14.9 Å². The number of carbonyl (C=O) groups is 1. The minimum absolute atomic E-state index is 0.106. The predicted molar refractivity (Wildman–Crippen MR) is 110 cm³/mol. The minimum atomic E-state index is -0.688. The highest BCUT2D eigenvalue weighted by molar-refractivity contribution is 6.53. The number of hydrogen-bond acceptors (Lipinski definition) is 6. The van der Waals surface area contributed by atoms with Crippen LogP contribution in [0.4, 0.5) is 10.2 Å². The summed E-state index contributed by atoms with van der Waals surface area (Å²) in [4.78, 5) is 28.6. The van der Waals surface area contributed by atoms with Crippen molar-refractivity contribution in [1.29, 1.82) is 0 Å². The van der Waals surface area contributed by atoms with Crippen molar-refractivity contribution in [3.63, 3.8) is 0 Å². The molecule has 8 nitrogen and oxygen atoms in total. The number of unbranched alkanes of at least 4 members (excludes halogenated alkanes) is 1. The lowest BCUT2D eigenvalue weighted by Crippen LogP contribution is -2.31. The highest BCUT2D eigenvalue weighted by Crippen LogP contribution is 2.29. The fourth-order valence-corrected chi connectivity index (χ4v) is 3.53. The van der Waals surface area contributed by atoms with Gasteiger partial charge in [-0.05, 0) is 37.1 Å². The summed E-state index contributed by atoms with van der Waals surface area (Å²) in [6.07, 6.45) is 3.08. The van der Waals surface area contributed by atoms with Gasteiger partial charge in [0, 0.05) is 19.3 Å². The van der Waals surface area contributed by atoms with Crippen molar-refractivity contribution in [3.8, 4) is 0 Å². The van der Waals surface area contributed by atoms with Crippen LogP contribution < -0.4 is 4.90 Å². The molecule has 0 spiro atoms. The lowest BCUT2D eigenvalue weighted by atomic mass is 10.2. The van der Waals surface area contributed by atoms with Crippen LogP contribution in [0.5, 0.6) is 0 Å². The number of aliphatic hydroxyl groups excluding tert-OH is 1. The van der Waals surface area contributed by atoms with E-state index in [-0.39, 0.29) is 31.4 Å². The summed E-state index contributed by atoms with van der Waals surface area (Å²) in [5.41, 5.74) is 2.46. The average Bonchev–Trinajstić information content (AvgIpc) is 3.25. The first-order valence-electron chi connectivity index (χ1n) is 9.82. The number of alkyl halides is 1. The molecule has 1 aromatic carbocycles. The Morgan fingerprint density at radius 3 is 2.87 bits per heavy atom. The molecule has 0 unspecified atom stereocenters. The molecule has 1 aliphatic heterocycles. The zero-order valence-electron chi connectivity index (χ0n) is 16.4. The molecule has 1 amide bonds. The third kappa shape index (κ3) is 3.76. The summed E-state index contributed by atoms with van der Waals surface area (Å²) in [5, 5.41) is 13.0. The molecule has 2 aromatic heterocycles. The molecule has 3 heterocycles. The largest absolute Gasteiger partial charge is 0.396 e. The Bertz CT molecular complexity index is 1080. The Labute approximate surface area is 172 Å². The van der Waals surface area contributed by atoms with E-state index in [0.717, 1.165) is 17.5 Å². The van der Waals surface area contributed by atoms with Crippen LogP contribution in [0.3, 0.4) is 0 Å². The maximum Gasteiger partial charge on any atom is 0.282 e. The molecular weight excluding hydrogens is 389 g/mol. The Morgan fingerprint density at radius 1 is 1.17 bits per heavy atom. The average molecular weight is 411 g/mol. The quantitative estimate of drug-likeness (QED) is 0.431. The molecule has 9 heteroatoms. The molecule has 0 fully saturated rings. The van der Waals surface area contributed by atoms with E-state index in [2.05, 4.69) is 14.7 Å². The van der Waals surface area contributed by atoms with Crippen LogP contribution in [0, 0.1) is 0 Å². The van der Waals surface area contributed by atoms with Gasteiger partial charge in [-0.25, -0.2) is 14.4 Å². The van der Waals surface area contributed by atoms with E-state index in [1.165, 1.54) is 4.90 Å². The Hall–Kier alpha value is -3.33. The van der Waals surface area contributed by atoms with Gasteiger partial charge in [-0.15, -0.1) is 0 Å². The first-order chi connectivity index (χ1) is 14.7. The summed E-state index contributed by atoms with van der Waals surface area (Å²) in [6.45, 7) is 0.106. The van der Waals surface area contributed by atoms with Gasteiger partial charge >= 0.3 is 0 Å². The maximum atomic E-state index is 13.1. The molecule has 4 rings (SSSR count). The first kappa shape index (κ1) is 20.0. The summed E-state index contributed by atoms with van der Waals surface area (Å²) < 4.78 is 14.4. The van der Waals surface area contributed by atoms with Gasteiger partial charge in [0.2, 0.25) is 0 Å². The number of carbonyl (C=O) groups excluding carboxylic acids is 1. The van der Waals surface area contributed by atoms with Gasteiger partial charge in [0.15, 0.2) is 5.71 Å². The zero-order chi connectivity index (χ0) is 20.9. The number of imidazole rings is 1. The molecule has 0 radical (unpaired) electrons. The van der Waals surface area contributed by atoms with Crippen LogP contribution in [0.15, 0.2) is 47.8 Å². The van der Waals surface area contributed by atoms with Crippen LogP contribution in [-0.4, -0.2) is 51.1 Å². The van der Waals surface area contributed by atoms with Crippen molar-refractivity contribution in [1.82, 2.24) is 14.5 Å². The number of aromatic nitrogens is 3. The number of hydrogen-bond donors (Lipinski definition) is 1.